The largest absolute Gasteiger partial charge is 1.00 e. The summed E-state index contributed by atoms with van der Waals surface area (Å²) < 4.78 is 6.01. The van der Waals surface area contributed by atoms with Crippen molar-refractivity contribution in [3.05, 3.63) is 35.9 Å². The molecule has 1 rings (SSSR count). The van der Waals surface area contributed by atoms with Crippen molar-refractivity contribution in [3.8, 4) is 0 Å². The molecule has 1 N–H and O–H groups in total. The summed E-state index contributed by atoms with van der Waals surface area (Å²) >= 11 is 0. The van der Waals surface area contributed by atoms with Gasteiger partial charge in [-0.3, -0.25) is 0 Å². The number of nitrogens with zero attached hydrogens (tertiary/aromatic N) is 1. The summed E-state index contributed by atoms with van der Waals surface area (Å²) in [5, 5.41) is 2.91. The molecule has 0 fully saturated rings. The van der Waals surface area contributed by atoms with Crippen molar-refractivity contribution >= 4 is 6.09 Å². The molecule has 20 heavy (non-hydrogen) atoms. The zero-order valence-corrected chi connectivity index (χ0v) is 13.7. The van der Waals surface area contributed by atoms with Crippen molar-refractivity contribution < 1.29 is 26.4 Å². The van der Waals surface area contributed by atoms with Crippen LogP contribution in [0.2, 0.25) is 0 Å². The lowest BCUT2D eigenvalue weighted by molar-refractivity contribution is -0.873. The molecule has 0 heterocycles. The molecule has 5 heteroatoms. The molecule has 114 valence electrons. The Hall–Kier alpha value is -1.26. The van der Waals surface area contributed by atoms with E-state index >= 15 is 0 Å². The lowest BCUT2D eigenvalue weighted by Crippen LogP contribution is -3.00. The van der Waals surface area contributed by atoms with E-state index in [2.05, 4.69) is 26.5 Å². The summed E-state index contributed by atoms with van der Waals surface area (Å²) in [6.07, 6.45) is -0.373. The number of hydrogen-bond acceptors (Lipinski definition) is 2. The number of benzene rings is 1. The highest BCUT2D eigenvalue weighted by Crippen LogP contribution is 2.08. The minimum absolute atomic E-state index is 0. The number of nitrogens with one attached hydrogen (secondary N) is 1. The first kappa shape index (κ1) is 18.7. The van der Waals surface area contributed by atoms with Gasteiger partial charge in [0.05, 0.1) is 26.7 Å². The van der Waals surface area contributed by atoms with Crippen LogP contribution in [-0.2, 0) is 11.3 Å². The van der Waals surface area contributed by atoms with Crippen LogP contribution < -0.4 is 17.7 Å². The molecule has 1 aromatic rings. The summed E-state index contributed by atoms with van der Waals surface area (Å²) in [6, 6.07) is 9.66. The molecule has 0 aromatic heterocycles. The maximum atomic E-state index is 11.8. The van der Waals surface area contributed by atoms with E-state index in [1.54, 1.807) is 0 Å². The second-order valence-electron chi connectivity index (χ2n) is 6.52. The lowest BCUT2D eigenvalue weighted by Gasteiger charge is -2.34. The van der Waals surface area contributed by atoms with Crippen LogP contribution in [-0.4, -0.2) is 43.8 Å². The SMILES string of the molecule is CC(C)(C[N+](C)(C)C)NC(=O)OCc1ccccc1.[Cl-]. The van der Waals surface area contributed by atoms with Crippen molar-refractivity contribution in [2.45, 2.75) is 26.0 Å². The van der Waals surface area contributed by atoms with E-state index in [1.165, 1.54) is 0 Å². The summed E-state index contributed by atoms with van der Waals surface area (Å²) in [7, 11) is 6.29. The third kappa shape index (κ3) is 8.02. The third-order valence-corrected chi connectivity index (χ3v) is 2.52. The Morgan fingerprint density at radius 3 is 2.25 bits per heavy atom. The van der Waals surface area contributed by atoms with Gasteiger partial charge in [0.25, 0.3) is 0 Å². The molecular formula is C15H25ClN2O2. The van der Waals surface area contributed by atoms with E-state index in [-0.39, 0.29) is 24.0 Å². The number of carbonyl (C=O) groups is 1. The molecule has 0 saturated carbocycles. The van der Waals surface area contributed by atoms with E-state index in [0.717, 1.165) is 16.6 Å². The highest BCUT2D eigenvalue weighted by Gasteiger charge is 2.28. The highest BCUT2D eigenvalue weighted by molar-refractivity contribution is 5.68. The fourth-order valence-electron chi connectivity index (χ4n) is 2.26. The number of ether oxygens (including phenoxy) is 1. The third-order valence-electron chi connectivity index (χ3n) is 2.52. The number of rotatable bonds is 5. The zero-order chi connectivity index (χ0) is 14.5. The Balaban J connectivity index is 0.00000361. The Morgan fingerprint density at radius 1 is 1.20 bits per heavy atom. The monoisotopic (exact) mass is 300 g/mol. The molecule has 1 amide bonds. The molecule has 0 aliphatic carbocycles. The van der Waals surface area contributed by atoms with Crippen LogP contribution in [0.1, 0.15) is 19.4 Å². The summed E-state index contributed by atoms with van der Waals surface area (Å²) in [4.78, 5) is 11.8. The molecule has 0 unspecified atom stereocenters. The first-order valence-electron chi connectivity index (χ1n) is 6.47. The Kier molecular flexibility index (Phi) is 7.03. The first-order chi connectivity index (χ1) is 8.68. The predicted molar refractivity (Wildman–Crippen MR) is 76.7 cm³/mol. The lowest BCUT2D eigenvalue weighted by atomic mass is 10.1. The molecule has 0 spiro atoms. The van der Waals surface area contributed by atoms with Crippen molar-refractivity contribution in [1.29, 1.82) is 0 Å². The van der Waals surface area contributed by atoms with E-state index in [1.807, 2.05) is 44.2 Å². The van der Waals surface area contributed by atoms with Gasteiger partial charge in [-0.05, 0) is 19.4 Å². The van der Waals surface area contributed by atoms with E-state index in [9.17, 15) is 4.79 Å². The molecule has 0 aliphatic rings. The van der Waals surface area contributed by atoms with Gasteiger partial charge < -0.3 is 26.9 Å². The Morgan fingerprint density at radius 2 is 1.75 bits per heavy atom. The van der Waals surface area contributed by atoms with Crippen LogP contribution in [0.3, 0.4) is 0 Å². The van der Waals surface area contributed by atoms with Gasteiger partial charge in [0.15, 0.2) is 0 Å². The maximum absolute atomic E-state index is 11.8. The fraction of sp³-hybridized carbons (Fsp3) is 0.533. The summed E-state index contributed by atoms with van der Waals surface area (Å²) in [6.45, 7) is 5.13. The van der Waals surface area contributed by atoms with Crippen LogP contribution in [0.4, 0.5) is 4.79 Å². The molecule has 0 aliphatic heterocycles. The van der Waals surface area contributed by atoms with Gasteiger partial charge in [-0.15, -0.1) is 0 Å². The molecule has 4 nitrogen and oxygen atoms in total. The summed E-state index contributed by atoms with van der Waals surface area (Å²) in [5.41, 5.74) is 0.688. The number of carbonyl (C=O) groups excluding carboxylic acids is 1. The number of likely N-dealkylation sites (N-methyl/N-ethyl adjacent to an activating group) is 1. The maximum Gasteiger partial charge on any atom is 0.408 e. The van der Waals surface area contributed by atoms with Gasteiger partial charge in [0, 0.05) is 0 Å². The van der Waals surface area contributed by atoms with Crippen LogP contribution >= 0.6 is 0 Å². The number of alkyl carbamates (subject to hydrolysis) is 1. The number of hydrogen-bond donors (Lipinski definition) is 1. The standard InChI is InChI=1S/C15H24N2O2.ClH/c1-15(2,12-17(3,4)5)16-14(18)19-11-13-9-7-6-8-10-13;/h6-10H,11-12H2,1-5H3;1H. The number of halogens is 1. The average Bonchev–Trinajstić information content (AvgIpc) is 2.23. The molecule has 0 atom stereocenters. The van der Waals surface area contributed by atoms with Gasteiger partial charge >= 0.3 is 6.09 Å². The second-order valence-corrected chi connectivity index (χ2v) is 6.52. The minimum Gasteiger partial charge on any atom is -1.00 e. The highest BCUT2D eigenvalue weighted by atomic mass is 35.5. The van der Waals surface area contributed by atoms with E-state index in [4.69, 9.17) is 4.74 Å². The van der Waals surface area contributed by atoms with Crippen molar-refractivity contribution in [2.24, 2.45) is 0 Å². The number of quaternary nitrogens is 1. The van der Waals surface area contributed by atoms with Gasteiger partial charge in [-0.1, -0.05) is 30.3 Å². The van der Waals surface area contributed by atoms with Crippen molar-refractivity contribution in [3.63, 3.8) is 0 Å². The summed E-state index contributed by atoms with van der Waals surface area (Å²) in [5.74, 6) is 0. The van der Waals surface area contributed by atoms with Crippen LogP contribution in [0, 0.1) is 0 Å². The average molecular weight is 301 g/mol. The van der Waals surface area contributed by atoms with Gasteiger partial charge in [0.1, 0.15) is 13.2 Å². The van der Waals surface area contributed by atoms with Crippen LogP contribution in [0.5, 0.6) is 0 Å². The van der Waals surface area contributed by atoms with Gasteiger partial charge in [-0.2, -0.15) is 0 Å². The van der Waals surface area contributed by atoms with Crippen LogP contribution in [0.25, 0.3) is 0 Å². The fourth-order valence-corrected chi connectivity index (χ4v) is 2.26. The molecular weight excluding hydrogens is 276 g/mol. The van der Waals surface area contributed by atoms with Crippen LogP contribution in [0.15, 0.2) is 30.3 Å². The van der Waals surface area contributed by atoms with Gasteiger partial charge in [0.2, 0.25) is 0 Å². The van der Waals surface area contributed by atoms with E-state index in [0.29, 0.717) is 6.61 Å². The normalized spacial score (nSPS) is 11.4. The molecule has 0 radical (unpaired) electrons. The van der Waals surface area contributed by atoms with Gasteiger partial charge in [-0.25, -0.2) is 4.79 Å². The van der Waals surface area contributed by atoms with E-state index < -0.39 is 0 Å². The van der Waals surface area contributed by atoms with Crippen molar-refractivity contribution in [2.75, 3.05) is 27.7 Å². The first-order valence-corrected chi connectivity index (χ1v) is 6.47. The predicted octanol–water partition coefficient (Wildman–Crippen LogP) is -0.598. The Bertz CT molecular complexity index is 414. The van der Waals surface area contributed by atoms with Crippen molar-refractivity contribution in [1.82, 2.24) is 5.32 Å². The number of amides is 1. The quantitative estimate of drug-likeness (QED) is 0.738. The topological polar surface area (TPSA) is 38.3 Å². The second kappa shape index (κ2) is 7.50. The zero-order valence-electron chi connectivity index (χ0n) is 12.9. The molecule has 1 aromatic carbocycles. The smallest absolute Gasteiger partial charge is 0.408 e. The molecule has 0 bridgehead atoms. The molecule has 0 saturated heterocycles. The Labute approximate surface area is 128 Å². The minimum atomic E-state index is -0.373.